The summed E-state index contributed by atoms with van der Waals surface area (Å²) < 4.78 is 0. The summed E-state index contributed by atoms with van der Waals surface area (Å²) in [5, 5.41) is 29.8. The van der Waals surface area contributed by atoms with Crippen LogP contribution in [0.3, 0.4) is 0 Å². The lowest BCUT2D eigenvalue weighted by molar-refractivity contribution is -0.146. The van der Waals surface area contributed by atoms with Gasteiger partial charge in [-0.1, -0.05) is 11.6 Å². The number of halogens is 1. The summed E-state index contributed by atoms with van der Waals surface area (Å²) in [6.45, 7) is 1.18. The molecule has 0 spiro atoms. The van der Waals surface area contributed by atoms with Crippen molar-refractivity contribution in [1.29, 1.82) is 0 Å². The second-order valence-electron chi connectivity index (χ2n) is 3.28. The lowest BCUT2D eigenvalue weighted by Gasteiger charge is -2.15. The molecule has 92 valence electrons. The minimum absolute atomic E-state index is 0.0681. The van der Waals surface area contributed by atoms with Crippen molar-refractivity contribution in [1.82, 2.24) is 0 Å². The average Bonchev–Trinajstić information content (AvgIpc) is 2.22. The van der Waals surface area contributed by atoms with Gasteiger partial charge in [0.2, 0.25) is 5.91 Å². The normalized spacial score (nSPS) is 11.9. The highest BCUT2D eigenvalue weighted by molar-refractivity contribution is 6.32. The Kier molecular flexibility index (Phi) is 3.93. The van der Waals surface area contributed by atoms with E-state index in [0.29, 0.717) is 0 Å². The molecule has 1 rings (SSSR count). The van der Waals surface area contributed by atoms with Crippen molar-refractivity contribution in [3.63, 3.8) is 0 Å². The van der Waals surface area contributed by atoms with Crippen molar-refractivity contribution in [2.45, 2.75) is 13.0 Å². The number of hydrogen-bond acceptors (Lipinski definition) is 4. The van der Waals surface area contributed by atoms with Gasteiger partial charge in [-0.15, -0.1) is 0 Å². The van der Waals surface area contributed by atoms with Crippen LogP contribution in [0.4, 0.5) is 5.69 Å². The number of carbonyl (C=O) groups excluding carboxylic acids is 1. The van der Waals surface area contributed by atoms with Crippen molar-refractivity contribution >= 4 is 29.2 Å². The molecule has 7 heteroatoms. The van der Waals surface area contributed by atoms with Crippen molar-refractivity contribution in [3.05, 3.63) is 22.7 Å². The van der Waals surface area contributed by atoms with Crippen LogP contribution >= 0.6 is 11.6 Å². The van der Waals surface area contributed by atoms with Crippen LogP contribution in [0.5, 0.6) is 5.75 Å². The van der Waals surface area contributed by atoms with E-state index in [9.17, 15) is 19.8 Å². The van der Waals surface area contributed by atoms with Crippen LogP contribution in [-0.4, -0.2) is 27.2 Å². The van der Waals surface area contributed by atoms with Gasteiger partial charge in [0.05, 0.1) is 5.69 Å². The van der Waals surface area contributed by atoms with Gasteiger partial charge in [0.1, 0.15) is 5.75 Å². The molecule has 0 bridgehead atoms. The predicted octanol–water partition coefficient (Wildman–Crippen LogP) is 1.12. The molecule has 6 nitrogen and oxygen atoms in total. The molecule has 0 heterocycles. The van der Waals surface area contributed by atoms with E-state index in [4.69, 9.17) is 16.7 Å². The van der Waals surface area contributed by atoms with Gasteiger partial charge in [0.25, 0.3) is 0 Å². The zero-order chi connectivity index (χ0) is 13.2. The third-order valence-electron chi connectivity index (χ3n) is 1.98. The number of aliphatic carboxylic acids is 1. The number of benzene rings is 1. The second kappa shape index (κ2) is 5.03. The minimum Gasteiger partial charge on any atom is -0.506 e. The van der Waals surface area contributed by atoms with Crippen LogP contribution in [0.15, 0.2) is 12.1 Å². The highest BCUT2D eigenvalue weighted by Crippen LogP contribution is 2.37. The van der Waals surface area contributed by atoms with Gasteiger partial charge >= 0.3 is 5.97 Å². The van der Waals surface area contributed by atoms with Gasteiger partial charge in [0, 0.05) is 17.5 Å². The first kappa shape index (κ1) is 13.3. The summed E-state index contributed by atoms with van der Waals surface area (Å²) in [5.41, 5.74) is -0.464. The van der Waals surface area contributed by atoms with E-state index < -0.39 is 18.0 Å². The molecule has 0 saturated carbocycles. The number of rotatable bonds is 3. The molecular formula is C10H10ClNO5. The smallest absolute Gasteiger partial charge is 0.337 e. The number of hydrogen-bond donors (Lipinski definition) is 4. The fourth-order valence-electron chi connectivity index (χ4n) is 1.28. The highest BCUT2D eigenvalue weighted by atomic mass is 35.5. The van der Waals surface area contributed by atoms with Crippen LogP contribution in [-0.2, 0) is 9.59 Å². The van der Waals surface area contributed by atoms with Crippen LogP contribution in [0, 0.1) is 0 Å². The van der Waals surface area contributed by atoms with Gasteiger partial charge < -0.3 is 20.6 Å². The molecule has 1 aromatic carbocycles. The van der Waals surface area contributed by atoms with Crippen molar-refractivity contribution < 1.29 is 24.9 Å². The summed E-state index contributed by atoms with van der Waals surface area (Å²) >= 11 is 5.74. The Labute approximate surface area is 101 Å². The summed E-state index contributed by atoms with van der Waals surface area (Å²) in [4.78, 5) is 21.6. The lowest BCUT2D eigenvalue weighted by Crippen LogP contribution is -2.16. The number of nitrogens with one attached hydrogen (secondary N) is 1. The monoisotopic (exact) mass is 259 g/mol. The van der Waals surface area contributed by atoms with Crippen LogP contribution in [0.2, 0.25) is 5.02 Å². The van der Waals surface area contributed by atoms with Crippen LogP contribution in [0.1, 0.15) is 18.6 Å². The van der Waals surface area contributed by atoms with Gasteiger partial charge in [0.15, 0.2) is 6.10 Å². The molecule has 0 aliphatic heterocycles. The van der Waals surface area contributed by atoms with E-state index >= 15 is 0 Å². The minimum atomic E-state index is -1.93. The Morgan fingerprint density at radius 2 is 2.00 bits per heavy atom. The van der Waals surface area contributed by atoms with E-state index in [2.05, 4.69) is 5.32 Å². The van der Waals surface area contributed by atoms with Crippen molar-refractivity contribution in [3.8, 4) is 5.75 Å². The zero-order valence-corrected chi connectivity index (χ0v) is 9.52. The summed E-state index contributed by atoms with van der Waals surface area (Å²) in [7, 11) is 0. The maximum Gasteiger partial charge on any atom is 0.337 e. The van der Waals surface area contributed by atoms with E-state index in [-0.39, 0.29) is 22.0 Å². The number of aliphatic hydroxyl groups excluding tert-OH is 1. The number of carboxylic acids is 1. The fraction of sp³-hybridized carbons (Fsp3) is 0.200. The average molecular weight is 260 g/mol. The highest BCUT2D eigenvalue weighted by Gasteiger charge is 2.25. The second-order valence-corrected chi connectivity index (χ2v) is 3.68. The molecular weight excluding hydrogens is 250 g/mol. The van der Waals surface area contributed by atoms with Crippen LogP contribution < -0.4 is 5.32 Å². The summed E-state index contributed by atoms with van der Waals surface area (Å²) in [6, 6.07) is 2.41. The standard InChI is InChI=1S/C10H10ClNO5/c1-4(13)12-8-6(14)3-2-5(11)7(8)9(15)10(16)17/h2-3,9,14-15H,1H3,(H,12,13)(H,16,17). The zero-order valence-electron chi connectivity index (χ0n) is 8.77. The number of aliphatic hydroxyl groups is 1. The van der Waals surface area contributed by atoms with Gasteiger partial charge in [-0.25, -0.2) is 4.79 Å². The number of phenols is 1. The Morgan fingerprint density at radius 1 is 1.41 bits per heavy atom. The fourth-order valence-corrected chi connectivity index (χ4v) is 1.54. The van der Waals surface area contributed by atoms with E-state index in [1.807, 2.05) is 0 Å². The Morgan fingerprint density at radius 3 is 2.47 bits per heavy atom. The third-order valence-corrected chi connectivity index (χ3v) is 2.31. The third kappa shape index (κ3) is 2.86. The summed E-state index contributed by atoms with van der Waals surface area (Å²) in [6.07, 6.45) is -1.93. The van der Waals surface area contributed by atoms with Crippen molar-refractivity contribution in [2.24, 2.45) is 0 Å². The van der Waals surface area contributed by atoms with Gasteiger partial charge in [-0.3, -0.25) is 4.79 Å². The number of phenolic OH excluding ortho intramolecular Hbond substituents is 1. The SMILES string of the molecule is CC(=O)Nc1c(O)ccc(Cl)c1C(O)C(=O)O. The number of carbonyl (C=O) groups is 2. The molecule has 4 N–H and O–H groups in total. The Balaban J connectivity index is 3.38. The molecule has 1 amide bonds. The molecule has 1 aromatic rings. The topological polar surface area (TPSA) is 107 Å². The Hall–Kier alpha value is -1.79. The maximum atomic E-state index is 10.9. The molecule has 0 radical (unpaired) electrons. The van der Waals surface area contributed by atoms with Gasteiger partial charge in [-0.05, 0) is 12.1 Å². The first-order valence-electron chi connectivity index (χ1n) is 4.54. The molecule has 0 aromatic heterocycles. The van der Waals surface area contributed by atoms with E-state index in [1.54, 1.807) is 0 Å². The van der Waals surface area contributed by atoms with Gasteiger partial charge in [-0.2, -0.15) is 0 Å². The molecule has 0 aliphatic carbocycles. The first-order valence-corrected chi connectivity index (χ1v) is 4.92. The quantitative estimate of drug-likeness (QED) is 0.609. The molecule has 1 atom stereocenters. The molecule has 17 heavy (non-hydrogen) atoms. The van der Waals surface area contributed by atoms with Crippen LogP contribution in [0.25, 0.3) is 0 Å². The largest absolute Gasteiger partial charge is 0.506 e. The number of amides is 1. The molecule has 0 saturated heterocycles. The predicted molar refractivity (Wildman–Crippen MR) is 60.0 cm³/mol. The van der Waals surface area contributed by atoms with E-state index in [1.165, 1.54) is 19.1 Å². The molecule has 0 fully saturated rings. The number of aromatic hydroxyl groups is 1. The summed E-state index contributed by atoms with van der Waals surface area (Å²) in [5.74, 6) is -2.44. The van der Waals surface area contributed by atoms with E-state index in [0.717, 1.165) is 0 Å². The number of anilines is 1. The molecule has 0 aliphatic rings. The first-order chi connectivity index (χ1) is 7.84. The number of carboxylic acid groups (broad SMARTS) is 1. The maximum absolute atomic E-state index is 10.9. The molecule has 1 unspecified atom stereocenters. The lowest BCUT2D eigenvalue weighted by atomic mass is 10.1. The van der Waals surface area contributed by atoms with Crippen molar-refractivity contribution in [2.75, 3.05) is 5.32 Å². The Bertz CT molecular complexity index is 474.